The minimum absolute atomic E-state index is 0.219. The molecule has 0 saturated heterocycles. The van der Waals surface area contributed by atoms with Crippen LogP contribution in [0, 0.1) is 0 Å². The van der Waals surface area contributed by atoms with Crippen LogP contribution in [0.15, 0.2) is 97.6 Å². The molecule has 6 aromatic rings. The number of aromatic amines is 1. The predicted octanol–water partition coefficient (Wildman–Crippen LogP) is 6.21. The fraction of sp³-hybridized carbons (Fsp3) is 0.129. The van der Waals surface area contributed by atoms with Gasteiger partial charge in [-0.15, -0.1) is 10.2 Å². The molecule has 3 aromatic heterocycles. The Kier molecular flexibility index (Phi) is 7.75. The number of H-pyrrole nitrogens is 1. The number of halogens is 2. The zero-order chi connectivity index (χ0) is 28.2. The van der Waals surface area contributed by atoms with Crippen molar-refractivity contribution in [2.24, 2.45) is 0 Å². The van der Waals surface area contributed by atoms with Crippen LogP contribution in [-0.4, -0.2) is 35.6 Å². The third-order valence-electron chi connectivity index (χ3n) is 6.90. The first kappa shape index (κ1) is 26.7. The van der Waals surface area contributed by atoms with E-state index in [1.807, 2.05) is 59.3 Å². The molecular weight excluding hydrogens is 557 g/mol. The number of nitrogens with zero attached hydrogens (tertiary/aromatic N) is 5. The molecule has 0 spiro atoms. The molecule has 0 saturated carbocycles. The minimum atomic E-state index is -0.525. The number of para-hydroxylation sites is 1. The van der Waals surface area contributed by atoms with Crippen LogP contribution in [0.25, 0.3) is 10.9 Å². The number of aromatic nitrogens is 6. The number of hydrogen-bond donors (Lipinski definition) is 2. The first-order chi connectivity index (χ1) is 20.0. The topological polar surface area (TPSA) is 101 Å². The minimum Gasteiger partial charge on any atom is -0.361 e. The fourth-order valence-corrected chi connectivity index (χ4v) is 5.21. The van der Waals surface area contributed by atoms with E-state index in [9.17, 15) is 4.79 Å². The first-order valence-corrected chi connectivity index (χ1v) is 13.8. The highest BCUT2D eigenvalue weighted by Crippen LogP contribution is 2.27. The summed E-state index contributed by atoms with van der Waals surface area (Å²) in [7, 11) is 0. The second kappa shape index (κ2) is 11.9. The molecule has 0 fully saturated rings. The summed E-state index contributed by atoms with van der Waals surface area (Å²) in [4.78, 5) is 24.9. The largest absolute Gasteiger partial charge is 0.361 e. The Morgan fingerprint density at radius 2 is 1.76 bits per heavy atom. The standard InChI is InChI=1S/C31H25Cl2N7O/c32-24-11-10-21(14-25(24)33)19-40-29(15-20-6-2-1-3-7-20)38-39-30(40)27(37-31(41)28-18-34-12-13-35-28)16-22-17-36-26-9-5-4-8-23(22)26/h1-14,17-18,27,36H,15-16,19H2,(H,37,41). The molecule has 41 heavy (non-hydrogen) atoms. The highest BCUT2D eigenvalue weighted by Gasteiger charge is 2.26. The molecule has 0 aliphatic carbocycles. The summed E-state index contributed by atoms with van der Waals surface area (Å²) >= 11 is 12.6. The van der Waals surface area contributed by atoms with Crippen molar-refractivity contribution in [3.63, 3.8) is 0 Å². The number of benzene rings is 3. The van der Waals surface area contributed by atoms with Crippen molar-refractivity contribution in [1.82, 2.24) is 35.0 Å². The lowest BCUT2D eigenvalue weighted by Gasteiger charge is -2.20. The lowest BCUT2D eigenvalue weighted by Crippen LogP contribution is -2.33. The molecule has 0 bridgehead atoms. The van der Waals surface area contributed by atoms with E-state index in [1.165, 1.54) is 18.6 Å². The van der Waals surface area contributed by atoms with Gasteiger partial charge in [-0.2, -0.15) is 0 Å². The van der Waals surface area contributed by atoms with Gasteiger partial charge >= 0.3 is 0 Å². The molecule has 8 nitrogen and oxygen atoms in total. The molecule has 1 amide bonds. The van der Waals surface area contributed by atoms with Crippen LogP contribution in [0.1, 0.15) is 44.9 Å². The summed E-state index contributed by atoms with van der Waals surface area (Å²) in [6.07, 6.45) is 7.47. The molecule has 3 heterocycles. The Hall–Kier alpha value is -4.53. The van der Waals surface area contributed by atoms with E-state index in [4.69, 9.17) is 23.2 Å². The fourth-order valence-electron chi connectivity index (χ4n) is 4.88. The summed E-state index contributed by atoms with van der Waals surface area (Å²) in [5.41, 5.74) is 4.30. The average Bonchev–Trinajstić information content (AvgIpc) is 3.59. The third kappa shape index (κ3) is 5.99. The van der Waals surface area contributed by atoms with Crippen molar-refractivity contribution in [3.8, 4) is 0 Å². The van der Waals surface area contributed by atoms with E-state index >= 15 is 0 Å². The molecule has 3 aromatic carbocycles. The lowest BCUT2D eigenvalue weighted by molar-refractivity contribution is 0.0928. The summed E-state index contributed by atoms with van der Waals surface area (Å²) in [6, 6.07) is 23.2. The molecule has 0 radical (unpaired) electrons. The number of amides is 1. The second-order valence-corrected chi connectivity index (χ2v) is 10.5. The van der Waals surface area contributed by atoms with Gasteiger partial charge < -0.3 is 14.9 Å². The van der Waals surface area contributed by atoms with Crippen LogP contribution in [0.2, 0.25) is 10.0 Å². The monoisotopic (exact) mass is 581 g/mol. The summed E-state index contributed by atoms with van der Waals surface area (Å²) in [5, 5.41) is 14.4. The van der Waals surface area contributed by atoms with E-state index in [-0.39, 0.29) is 11.6 Å². The molecule has 204 valence electrons. The molecule has 6 rings (SSSR count). The summed E-state index contributed by atoms with van der Waals surface area (Å²) in [6.45, 7) is 0.437. The van der Waals surface area contributed by atoms with Gasteiger partial charge in [-0.3, -0.25) is 9.78 Å². The molecule has 2 N–H and O–H groups in total. The summed E-state index contributed by atoms with van der Waals surface area (Å²) in [5.74, 6) is 1.02. The Morgan fingerprint density at radius 3 is 2.56 bits per heavy atom. The Morgan fingerprint density at radius 1 is 0.927 bits per heavy atom. The van der Waals surface area contributed by atoms with E-state index < -0.39 is 6.04 Å². The van der Waals surface area contributed by atoms with Crippen molar-refractivity contribution in [2.45, 2.75) is 25.4 Å². The zero-order valence-corrected chi connectivity index (χ0v) is 23.3. The van der Waals surface area contributed by atoms with Crippen molar-refractivity contribution in [2.75, 3.05) is 0 Å². The quantitative estimate of drug-likeness (QED) is 0.211. The van der Waals surface area contributed by atoms with E-state index in [0.717, 1.165) is 33.4 Å². The van der Waals surface area contributed by atoms with Gasteiger partial charge in [0.25, 0.3) is 5.91 Å². The van der Waals surface area contributed by atoms with E-state index in [0.29, 0.717) is 35.3 Å². The van der Waals surface area contributed by atoms with Gasteiger partial charge in [-0.1, -0.05) is 77.8 Å². The van der Waals surface area contributed by atoms with Crippen LogP contribution in [0.4, 0.5) is 0 Å². The van der Waals surface area contributed by atoms with Crippen LogP contribution in [-0.2, 0) is 19.4 Å². The molecular formula is C31H25Cl2N7O. The molecule has 1 atom stereocenters. The first-order valence-electron chi connectivity index (χ1n) is 13.1. The van der Waals surface area contributed by atoms with Gasteiger partial charge in [0.2, 0.25) is 0 Å². The van der Waals surface area contributed by atoms with Gasteiger partial charge in [0, 0.05) is 42.3 Å². The lowest BCUT2D eigenvalue weighted by atomic mass is 10.0. The maximum Gasteiger partial charge on any atom is 0.272 e. The van der Waals surface area contributed by atoms with E-state index in [2.05, 4.69) is 48.7 Å². The van der Waals surface area contributed by atoms with Crippen molar-refractivity contribution >= 4 is 40.0 Å². The average molecular weight is 582 g/mol. The second-order valence-electron chi connectivity index (χ2n) is 9.65. The Balaban J connectivity index is 1.43. The highest BCUT2D eigenvalue weighted by atomic mass is 35.5. The normalized spacial score (nSPS) is 12.0. The number of carbonyl (C=O) groups excluding carboxylic acids is 1. The number of carbonyl (C=O) groups is 1. The van der Waals surface area contributed by atoms with Crippen molar-refractivity contribution in [3.05, 3.63) is 142 Å². The SMILES string of the molecule is O=C(NC(Cc1c[nH]c2ccccc12)c1nnc(Cc2ccccc2)n1Cc1ccc(Cl)c(Cl)c1)c1cnccn1. The highest BCUT2D eigenvalue weighted by molar-refractivity contribution is 6.42. The van der Waals surface area contributed by atoms with Gasteiger partial charge in [-0.05, 0) is 34.9 Å². The molecule has 0 aliphatic rings. The number of rotatable bonds is 9. The number of hydrogen-bond acceptors (Lipinski definition) is 5. The van der Waals surface area contributed by atoms with Crippen LogP contribution in [0.3, 0.4) is 0 Å². The van der Waals surface area contributed by atoms with Crippen LogP contribution < -0.4 is 5.32 Å². The third-order valence-corrected chi connectivity index (χ3v) is 7.64. The van der Waals surface area contributed by atoms with Gasteiger partial charge in [-0.25, -0.2) is 4.98 Å². The van der Waals surface area contributed by atoms with Crippen molar-refractivity contribution in [1.29, 1.82) is 0 Å². The molecule has 1 unspecified atom stereocenters. The predicted molar refractivity (Wildman–Crippen MR) is 159 cm³/mol. The molecule has 10 heteroatoms. The number of nitrogens with one attached hydrogen (secondary N) is 2. The van der Waals surface area contributed by atoms with Gasteiger partial charge in [0.05, 0.1) is 28.8 Å². The molecule has 0 aliphatic heterocycles. The number of fused-ring (bicyclic) bond motifs is 1. The smallest absolute Gasteiger partial charge is 0.272 e. The summed E-state index contributed by atoms with van der Waals surface area (Å²) < 4.78 is 2.04. The van der Waals surface area contributed by atoms with Crippen molar-refractivity contribution < 1.29 is 4.79 Å². The van der Waals surface area contributed by atoms with E-state index in [1.54, 1.807) is 6.07 Å². The Labute approximate surface area is 246 Å². The van der Waals surface area contributed by atoms with Gasteiger partial charge in [0.1, 0.15) is 11.5 Å². The van der Waals surface area contributed by atoms with Crippen LogP contribution in [0.5, 0.6) is 0 Å². The maximum atomic E-state index is 13.4. The Bertz CT molecular complexity index is 1800. The van der Waals surface area contributed by atoms with Crippen LogP contribution >= 0.6 is 23.2 Å². The van der Waals surface area contributed by atoms with Gasteiger partial charge in [0.15, 0.2) is 5.82 Å². The maximum absolute atomic E-state index is 13.4. The zero-order valence-electron chi connectivity index (χ0n) is 21.8.